The average molecular weight is 443 g/mol. The van der Waals surface area contributed by atoms with Crippen LogP contribution in [-0.4, -0.2) is 54.3 Å². The molecule has 0 N–H and O–H groups in total. The molecule has 31 heavy (non-hydrogen) atoms. The zero-order chi connectivity index (χ0) is 22.4. The molecule has 0 bridgehead atoms. The van der Waals surface area contributed by atoms with E-state index in [2.05, 4.69) is 10.1 Å². The summed E-state index contributed by atoms with van der Waals surface area (Å²) in [6, 6.07) is 16.0. The first-order valence-corrected chi connectivity index (χ1v) is 11.4. The minimum absolute atomic E-state index is 0.124. The van der Waals surface area contributed by atoms with Gasteiger partial charge in [-0.2, -0.15) is 4.98 Å². The summed E-state index contributed by atoms with van der Waals surface area (Å²) in [6.07, 6.45) is 0.619. The number of rotatable bonds is 9. The number of hydrogen-bond acceptors (Lipinski definition) is 6. The Morgan fingerprint density at radius 3 is 2.39 bits per heavy atom. The molecular weight excluding hydrogens is 416 g/mol. The van der Waals surface area contributed by atoms with Crippen molar-refractivity contribution in [1.82, 2.24) is 19.3 Å². The van der Waals surface area contributed by atoms with E-state index in [0.29, 0.717) is 18.1 Å². The number of hydrogen-bond donors (Lipinski definition) is 0. The van der Waals surface area contributed by atoms with Crippen LogP contribution >= 0.6 is 0 Å². The molecule has 9 heteroatoms. The zero-order valence-corrected chi connectivity index (χ0v) is 18.7. The Bertz CT molecular complexity index is 1110. The van der Waals surface area contributed by atoms with Crippen molar-refractivity contribution >= 4 is 15.9 Å². The van der Waals surface area contributed by atoms with Gasteiger partial charge in [-0.1, -0.05) is 53.2 Å². The van der Waals surface area contributed by atoms with Gasteiger partial charge in [0.25, 0.3) is 0 Å². The van der Waals surface area contributed by atoms with Crippen LogP contribution in [0.5, 0.6) is 0 Å². The molecule has 3 rings (SSSR count). The number of benzene rings is 2. The standard InChI is InChI=1S/C22H26N4O4S/c1-17-11-13-18(14-12-17)22-23-20(30-24-22)16-25(2)21(27)10-7-15-26(3)31(28,29)19-8-5-4-6-9-19/h4-6,8-9,11-14H,7,10,15-16H2,1-3H3. The van der Waals surface area contributed by atoms with Gasteiger partial charge in [-0.3, -0.25) is 4.79 Å². The molecule has 0 radical (unpaired) electrons. The SMILES string of the molecule is Cc1ccc(-c2noc(CN(C)C(=O)CCCN(C)S(=O)(=O)c3ccccc3)n2)cc1. The number of nitrogens with zero attached hydrogens (tertiary/aromatic N) is 4. The predicted molar refractivity (Wildman–Crippen MR) is 116 cm³/mol. The van der Waals surface area contributed by atoms with E-state index in [1.165, 1.54) is 16.3 Å². The highest BCUT2D eigenvalue weighted by molar-refractivity contribution is 7.89. The minimum atomic E-state index is -3.56. The molecule has 0 aliphatic heterocycles. The second kappa shape index (κ2) is 9.84. The first-order chi connectivity index (χ1) is 14.8. The van der Waals surface area contributed by atoms with E-state index < -0.39 is 10.0 Å². The lowest BCUT2D eigenvalue weighted by molar-refractivity contribution is -0.130. The summed E-state index contributed by atoms with van der Waals surface area (Å²) >= 11 is 0. The van der Waals surface area contributed by atoms with Crippen LogP contribution in [0.15, 0.2) is 64.0 Å². The summed E-state index contributed by atoms with van der Waals surface area (Å²) in [5, 5.41) is 3.97. The van der Waals surface area contributed by atoms with Gasteiger partial charge in [0.1, 0.15) is 0 Å². The Kier molecular flexibility index (Phi) is 7.19. The van der Waals surface area contributed by atoms with E-state index >= 15 is 0 Å². The molecule has 0 aliphatic carbocycles. The van der Waals surface area contributed by atoms with Crippen molar-refractivity contribution in [3.63, 3.8) is 0 Å². The third kappa shape index (κ3) is 5.77. The second-order valence-electron chi connectivity index (χ2n) is 7.37. The Morgan fingerprint density at radius 2 is 1.71 bits per heavy atom. The molecule has 1 heterocycles. The summed E-state index contributed by atoms with van der Waals surface area (Å²) in [5.74, 6) is 0.694. The fourth-order valence-electron chi connectivity index (χ4n) is 2.97. The van der Waals surface area contributed by atoms with Crippen LogP contribution in [0.25, 0.3) is 11.4 Å². The summed E-state index contributed by atoms with van der Waals surface area (Å²) in [5.41, 5.74) is 1.98. The van der Waals surface area contributed by atoms with E-state index in [0.717, 1.165) is 11.1 Å². The quantitative estimate of drug-likeness (QED) is 0.505. The van der Waals surface area contributed by atoms with Crippen molar-refractivity contribution in [3.05, 3.63) is 66.1 Å². The predicted octanol–water partition coefficient (Wildman–Crippen LogP) is 3.10. The van der Waals surface area contributed by atoms with Crippen LogP contribution < -0.4 is 0 Å². The Labute approximate surface area is 182 Å². The maximum atomic E-state index is 12.5. The summed E-state index contributed by atoms with van der Waals surface area (Å²) in [4.78, 5) is 18.5. The molecule has 164 valence electrons. The number of aromatic nitrogens is 2. The third-order valence-corrected chi connectivity index (χ3v) is 6.76. The third-order valence-electron chi connectivity index (χ3n) is 4.89. The van der Waals surface area contributed by atoms with E-state index in [-0.39, 0.29) is 30.3 Å². The number of carbonyl (C=O) groups excluding carboxylic acids is 1. The van der Waals surface area contributed by atoms with Crippen LogP contribution in [0.4, 0.5) is 0 Å². The lowest BCUT2D eigenvalue weighted by Gasteiger charge is -2.18. The maximum Gasteiger partial charge on any atom is 0.246 e. The van der Waals surface area contributed by atoms with Gasteiger partial charge in [0.05, 0.1) is 11.4 Å². The topological polar surface area (TPSA) is 96.6 Å². The molecule has 0 fully saturated rings. The van der Waals surface area contributed by atoms with Gasteiger partial charge in [-0.15, -0.1) is 0 Å². The molecule has 0 unspecified atom stereocenters. The lowest BCUT2D eigenvalue weighted by Crippen LogP contribution is -2.30. The second-order valence-corrected chi connectivity index (χ2v) is 9.42. The lowest BCUT2D eigenvalue weighted by atomic mass is 10.1. The van der Waals surface area contributed by atoms with Gasteiger partial charge in [0.15, 0.2) is 0 Å². The number of amides is 1. The van der Waals surface area contributed by atoms with Crippen LogP contribution in [0, 0.1) is 6.92 Å². The summed E-state index contributed by atoms with van der Waals surface area (Å²) < 4.78 is 31.6. The van der Waals surface area contributed by atoms with Crippen molar-refractivity contribution < 1.29 is 17.7 Å². The van der Waals surface area contributed by atoms with Gasteiger partial charge in [-0.05, 0) is 25.5 Å². The molecule has 2 aromatic carbocycles. The molecular formula is C22H26N4O4S. The first kappa shape index (κ1) is 22.6. The van der Waals surface area contributed by atoms with Crippen LogP contribution in [0.3, 0.4) is 0 Å². The largest absolute Gasteiger partial charge is 0.337 e. The molecule has 0 saturated heterocycles. The number of aryl methyl sites for hydroxylation is 1. The first-order valence-electron chi connectivity index (χ1n) is 9.92. The molecule has 3 aromatic rings. The Hall–Kier alpha value is -3.04. The van der Waals surface area contributed by atoms with Crippen LogP contribution in [0.1, 0.15) is 24.3 Å². The van der Waals surface area contributed by atoms with Crippen molar-refractivity contribution in [1.29, 1.82) is 0 Å². The molecule has 1 amide bonds. The molecule has 0 aliphatic rings. The highest BCUT2D eigenvalue weighted by Crippen LogP contribution is 2.17. The van der Waals surface area contributed by atoms with Gasteiger partial charge in [0.2, 0.25) is 27.6 Å². The van der Waals surface area contributed by atoms with Crippen molar-refractivity contribution in [2.45, 2.75) is 31.2 Å². The summed E-state index contributed by atoms with van der Waals surface area (Å²) in [7, 11) is -0.386. The van der Waals surface area contributed by atoms with Crippen LogP contribution in [0.2, 0.25) is 0 Å². The van der Waals surface area contributed by atoms with E-state index in [1.807, 2.05) is 31.2 Å². The molecule has 0 saturated carbocycles. The summed E-state index contributed by atoms with van der Waals surface area (Å²) in [6.45, 7) is 2.44. The minimum Gasteiger partial charge on any atom is -0.337 e. The van der Waals surface area contributed by atoms with Gasteiger partial charge in [0, 0.05) is 32.6 Å². The van der Waals surface area contributed by atoms with Crippen LogP contribution in [-0.2, 0) is 21.4 Å². The smallest absolute Gasteiger partial charge is 0.246 e. The highest BCUT2D eigenvalue weighted by Gasteiger charge is 2.21. The van der Waals surface area contributed by atoms with Crippen molar-refractivity contribution in [2.24, 2.45) is 0 Å². The highest BCUT2D eigenvalue weighted by atomic mass is 32.2. The molecule has 0 spiro atoms. The zero-order valence-electron chi connectivity index (χ0n) is 17.9. The molecule has 0 atom stereocenters. The maximum absolute atomic E-state index is 12.5. The number of sulfonamides is 1. The van der Waals surface area contributed by atoms with E-state index in [4.69, 9.17) is 4.52 Å². The van der Waals surface area contributed by atoms with E-state index in [1.54, 1.807) is 37.4 Å². The molecule has 1 aromatic heterocycles. The van der Waals surface area contributed by atoms with Gasteiger partial charge >= 0.3 is 0 Å². The van der Waals surface area contributed by atoms with Gasteiger partial charge in [-0.25, -0.2) is 12.7 Å². The average Bonchev–Trinajstić information content (AvgIpc) is 3.23. The number of carbonyl (C=O) groups is 1. The fraction of sp³-hybridized carbons (Fsp3) is 0.318. The Morgan fingerprint density at radius 1 is 1.03 bits per heavy atom. The monoisotopic (exact) mass is 442 g/mol. The van der Waals surface area contributed by atoms with E-state index in [9.17, 15) is 13.2 Å². The Balaban J connectivity index is 1.49. The fourth-order valence-corrected chi connectivity index (χ4v) is 4.20. The van der Waals surface area contributed by atoms with Gasteiger partial charge < -0.3 is 9.42 Å². The normalized spacial score (nSPS) is 11.6. The van der Waals surface area contributed by atoms with Crippen molar-refractivity contribution in [3.8, 4) is 11.4 Å². The van der Waals surface area contributed by atoms with Crippen molar-refractivity contribution in [2.75, 3.05) is 20.6 Å². The molecule has 8 nitrogen and oxygen atoms in total.